The Kier molecular flexibility index (Phi) is 5.25. The van der Waals surface area contributed by atoms with Crippen molar-refractivity contribution >= 4 is 39.2 Å². The molecule has 1 aliphatic rings. The highest BCUT2D eigenvalue weighted by atomic mass is 32.2. The van der Waals surface area contributed by atoms with E-state index in [1.807, 2.05) is 66.0 Å². The fourth-order valence-electron chi connectivity index (χ4n) is 3.41. The first-order valence-electron chi connectivity index (χ1n) is 9.98. The number of fused-ring (bicyclic) bond motifs is 1. The maximum Gasteiger partial charge on any atom is 0.282 e. The summed E-state index contributed by atoms with van der Waals surface area (Å²) in [5.74, 6) is 6.10. The number of nitrogens with zero attached hydrogens (tertiary/aromatic N) is 2. The number of aromatic nitrogens is 2. The molecule has 1 saturated carbocycles. The van der Waals surface area contributed by atoms with Crippen molar-refractivity contribution in [3.63, 3.8) is 0 Å². The zero-order chi connectivity index (χ0) is 21.4. The van der Waals surface area contributed by atoms with Gasteiger partial charge in [-0.1, -0.05) is 72.4 Å². The highest BCUT2D eigenvalue weighted by Gasteiger charge is 2.30. The lowest BCUT2D eigenvalue weighted by Gasteiger charge is -2.17. The van der Waals surface area contributed by atoms with E-state index < -0.39 is 5.25 Å². The molecule has 2 heterocycles. The summed E-state index contributed by atoms with van der Waals surface area (Å²) < 4.78 is 1.06. The van der Waals surface area contributed by atoms with Gasteiger partial charge in [-0.05, 0) is 24.0 Å². The molecule has 1 fully saturated rings. The SMILES string of the molecule is Nn1c(SC(C(=O)NC2CC2)c2ccccc2)nc2scc(-c3ccccc3)c2c1=O. The van der Waals surface area contributed by atoms with Gasteiger partial charge in [-0.25, -0.2) is 9.66 Å². The second-order valence-electron chi connectivity index (χ2n) is 7.46. The average molecular weight is 449 g/mol. The Morgan fingerprint density at radius 3 is 2.48 bits per heavy atom. The zero-order valence-electron chi connectivity index (χ0n) is 16.5. The van der Waals surface area contributed by atoms with E-state index in [2.05, 4.69) is 10.3 Å². The fourth-order valence-corrected chi connectivity index (χ4v) is 5.42. The minimum atomic E-state index is -0.547. The van der Waals surface area contributed by atoms with E-state index in [1.165, 1.54) is 23.1 Å². The van der Waals surface area contributed by atoms with Crippen molar-refractivity contribution in [2.45, 2.75) is 29.3 Å². The molecule has 0 aliphatic heterocycles. The maximum absolute atomic E-state index is 13.2. The molecule has 0 radical (unpaired) electrons. The van der Waals surface area contributed by atoms with E-state index in [4.69, 9.17) is 5.84 Å². The van der Waals surface area contributed by atoms with E-state index >= 15 is 0 Å². The first kappa shape index (κ1) is 19.8. The number of hydrogen-bond acceptors (Lipinski definition) is 6. The van der Waals surface area contributed by atoms with Gasteiger partial charge in [0, 0.05) is 17.0 Å². The number of nitrogens with one attached hydrogen (secondary N) is 1. The van der Waals surface area contributed by atoms with Gasteiger partial charge >= 0.3 is 0 Å². The highest BCUT2D eigenvalue weighted by Crippen LogP contribution is 2.37. The molecule has 2 aromatic carbocycles. The summed E-state index contributed by atoms with van der Waals surface area (Å²) in [5.41, 5.74) is 2.29. The summed E-state index contributed by atoms with van der Waals surface area (Å²) in [6.45, 7) is 0. The smallest absolute Gasteiger partial charge is 0.282 e. The molecule has 5 rings (SSSR count). The van der Waals surface area contributed by atoms with Crippen LogP contribution in [0, 0.1) is 0 Å². The van der Waals surface area contributed by atoms with Crippen LogP contribution in [0.4, 0.5) is 0 Å². The predicted octanol–water partition coefficient (Wildman–Crippen LogP) is 3.95. The summed E-state index contributed by atoms with van der Waals surface area (Å²) in [5, 5.41) is 5.26. The number of benzene rings is 2. The van der Waals surface area contributed by atoms with Gasteiger partial charge in [0.2, 0.25) is 5.91 Å². The molecular weight excluding hydrogens is 428 g/mol. The number of hydrogen-bond donors (Lipinski definition) is 2. The van der Waals surface area contributed by atoms with Crippen LogP contribution in [0.2, 0.25) is 0 Å². The summed E-state index contributed by atoms with van der Waals surface area (Å²) >= 11 is 2.61. The molecular formula is C23H20N4O2S2. The van der Waals surface area contributed by atoms with Crippen LogP contribution in [-0.4, -0.2) is 21.6 Å². The monoisotopic (exact) mass is 448 g/mol. The topological polar surface area (TPSA) is 90.0 Å². The second-order valence-corrected chi connectivity index (χ2v) is 9.39. The maximum atomic E-state index is 13.2. The van der Waals surface area contributed by atoms with Crippen molar-refractivity contribution in [2.24, 2.45) is 0 Å². The number of thioether (sulfide) groups is 1. The Hall–Kier alpha value is -3.10. The standard InChI is InChI=1S/C23H20N4O2S2/c24-27-22(29)18-17(14-7-3-1-4-8-14)13-30-21(18)26-23(27)31-19(15-9-5-2-6-10-15)20(28)25-16-11-12-16/h1-10,13,16,19H,11-12,24H2,(H,25,28). The van der Waals surface area contributed by atoms with Gasteiger partial charge in [-0.3, -0.25) is 9.59 Å². The summed E-state index contributed by atoms with van der Waals surface area (Å²) in [6, 6.07) is 19.4. The lowest BCUT2D eigenvalue weighted by Crippen LogP contribution is -2.32. The molecule has 156 valence electrons. The van der Waals surface area contributed by atoms with Crippen LogP contribution in [0.1, 0.15) is 23.7 Å². The lowest BCUT2D eigenvalue weighted by atomic mass is 10.1. The third kappa shape index (κ3) is 3.96. The van der Waals surface area contributed by atoms with Crippen molar-refractivity contribution in [3.05, 3.63) is 82.0 Å². The highest BCUT2D eigenvalue weighted by molar-refractivity contribution is 8.00. The third-order valence-electron chi connectivity index (χ3n) is 5.18. The normalized spacial score (nSPS) is 14.5. The number of carbonyl (C=O) groups excluding carboxylic acids is 1. The van der Waals surface area contributed by atoms with Crippen LogP contribution in [0.25, 0.3) is 21.3 Å². The van der Waals surface area contributed by atoms with Crippen molar-refractivity contribution in [1.82, 2.24) is 15.0 Å². The Morgan fingerprint density at radius 2 is 1.81 bits per heavy atom. The van der Waals surface area contributed by atoms with Crippen LogP contribution < -0.4 is 16.7 Å². The molecule has 6 nitrogen and oxygen atoms in total. The molecule has 0 bridgehead atoms. The summed E-state index contributed by atoms with van der Waals surface area (Å²) in [6.07, 6.45) is 2.00. The zero-order valence-corrected chi connectivity index (χ0v) is 18.2. The van der Waals surface area contributed by atoms with Gasteiger partial charge in [0.1, 0.15) is 10.1 Å². The number of amides is 1. The molecule has 1 aliphatic carbocycles. The minimum absolute atomic E-state index is 0.0933. The molecule has 8 heteroatoms. The van der Waals surface area contributed by atoms with Gasteiger partial charge in [-0.2, -0.15) is 0 Å². The van der Waals surface area contributed by atoms with Crippen molar-refractivity contribution < 1.29 is 4.79 Å². The quantitative estimate of drug-likeness (QED) is 0.265. The van der Waals surface area contributed by atoms with Crippen molar-refractivity contribution in [1.29, 1.82) is 0 Å². The number of thiophene rings is 1. The van der Waals surface area contributed by atoms with E-state index in [0.717, 1.165) is 34.2 Å². The Morgan fingerprint density at radius 1 is 1.13 bits per heavy atom. The average Bonchev–Trinajstić information content (AvgIpc) is 3.51. The third-order valence-corrected chi connectivity index (χ3v) is 7.27. The molecule has 31 heavy (non-hydrogen) atoms. The Balaban J connectivity index is 1.55. The first-order valence-corrected chi connectivity index (χ1v) is 11.7. The molecule has 0 spiro atoms. The number of nitrogens with two attached hydrogens (primary N) is 1. The molecule has 2 aromatic heterocycles. The van der Waals surface area contributed by atoms with E-state index in [0.29, 0.717) is 15.4 Å². The largest absolute Gasteiger partial charge is 0.352 e. The van der Waals surface area contributed by atoms with Crippen molar-refractivity contribution in [3.8, 4) is 11.1 Å². The van der Waals surface area contributed by atoms with Gasteiger partial charge < -0.3 is 11.2 Å². The molecule has 3 N–H and O–H groups in total. The van der Waals surface area contributed by atoms with Crippen LogP contribution in [0.5, 0.6) is 0 Å². The van der Waals surface area contributed by atoms with Gasteiger partial charge in [0.25, 0.3) is 5.56 Å². The van der Waals surface area contributed by atoms with E-state index in [-0.39, 0.29) is 17.5 Å². The summed E-state index contributed by atoms with van der Waals surface area (Å²) in [7, 11) is 0. The first-order chi connectivity index (χ1) is 15.1. The second kappa shape index (κ2) is 8.20. The van der Waals surface area contributed by atoms with E-state index in [9.17, 15) is 9.59 Å². The molecule has 1 atom stereocenters. The minimum Gasteiger partial charge on any atom is -0.352 e. The summed E-state index contributed by atoms with van der Waals surface area (Å²) in [4.78, 5) is 31.4. The Bertz CT molecular complexity index is 1300. The fraction of sp³-hybridized carbons (Fsp3) is 0.174. The lowest BCUT2D eigenvalue weighted by molar-refractivity contribution is -0.120. The Labute approximate surface area is 187 Å². The van der Waals surface area contributed by atoms with Gasteiger partial charge in [0.15, 0.2) is 5.16 Å². The van der Waals surface area contributed by atoms with Gasteiger partial charge in [0.05, 0.1) is 5.39 Å². The molecule has 1 amide bonds. The number of carbonyl (C=O) groups is 1. The van der Waals surface area contributed by atoms with Gasteiger partial charge in [-0.15, -0.1) is 11.3 Å². The van der Waals surface area contributed by atoms with Crippen LogP contribution in [0.3, 0.4) is 0 Å². The van der Waals surface area contributed by atoms with Crippen LogP contribution in [-0.2, 0) is 4.79 Å². The van der Waals surface area contributed by atoms with Crippen molar-refractivity contribution in [2.75, 3.05) is 5.84 Å². The molecule has 1 unspecified atom stereocenters. The predicted molar refractivity (Wildman–Crippen MR) is 126 cm³/mol. The molecule has 0 saturated heterocycles. The van der Waals surface area contributed by atoms with Crippen LogP contribution in [0.15, 0.2) is 76.0 Å². The van der Waals surface area contributed by atoms with Crippen LogP contribution >= 0.6 is 23.1 Å². The number of rotatable bonds is 6. The van der Waals surface area contributed by atoms with E-state index in [1.54, 1.807) is 0 Å². The molecule has 4 aromatic rings. The number of nitrogen functional groups attached to an aromatic ring is 1.